The second kappa shape index (κ2) is 13.1. The van der Waals surface area contributed by atoms with Gasteiger partial charge in [-0.2, -0.15) is 0 Å². The van der Waals surface area contributed by atoms with Crippen LogP contribution in [0.15, 0.2) is 64.5 Å². The van der Waals surface area contributed by atoms with Crippen molar-refractivity contribution in [3.05, 3.63) is 64.7 Å². The Hall–Kier alpha value is -2.45. The number of nitrogens with zero attached hydrogens (tertiary/aromatic N) is 3. The summed E-state index contributed by atoms with van der Waals surface area (Å²) in [5.41, 5.74) is -0.282. The number of hydrogen-bond acceptors (Lipinski definition) is 6. The van der Waals surface area contributed by atoms with Gasteiger partial charge in [0.1, 0.15) is 12.4 Å². The number of hydrogen-bond donors (Lipinski definition) is 2. The van der Waals surface area contributed by atoms with Crippen LogP contribution in [0.3, 0.4) is 0 Å². The first-order valence-corrected chi connectivity index (χ1v) is 10.7. The summed E-state index contributed by atoms with van der Waals surface area (Å²) in [7, 11) is -0.381. The fourth-order valence-corrected chi connectivity index (χ4v) is 3.59. The molecule has 31 heavy (non-hydrogen) atoms. The van der Waals surface area contributed by atoms with Gasteiger partial charge in [-0.15, -0.1) is 24.0 Å². The molecule has 170 valence electrons. The van der Waals surface area contributed by atoms with Crippen LogP contribution in [0.1, 0.15) is 0 Å². The highest BCUT2D eigenvalue weighted by Crippen LogP contribution is 2.16. The van der Waals surface area contributed by atoms with Crippen molar-refractivity contribution >= 4 is 45.6 Å². The number of non-ortho nitro benzene ring substituents is 1. The molecule has 12 heteroatoms. The molecule has 2 N–H and O–H groups in total. The molecule has 0 aliphatic rings. The van der Waals surface area contributed by atoms with Crippen LogP contribution in [0.5, 0.6) is 5.75 Å². The summed E-state index contributed by atoms with van der Waals surface area (Å²) in [4.78, 5) is 16.0. The summed E-state index contributed by atoms with van der Waals surface area (Å²) in [6.07, 6.45) is 0. The third kappa shape index (κ3) is 8.67. The van der Waals surface area contributed by atoms with Crippen molar-refractivity contribution in [2.75, 3.05) is 40.3 Å². The molecule has 0 aliphatic heterocycles. The maximum Gasteiger partial charge on any atom is 0.270 e. The number of rotatable bonds is 10. The first kappa shape index (κ1) is 26.6. The van der Waals surface area contributed by atoms with E-state index in [1.54, 1.807) is 7.05 Å². The van der Waals surface area contributed by atoms with E-state index in [4.69, 9.17) is 4.74 Å². The maximum atomic E-state index is 12.3. The van der Waals surface area contributed by atoms with Crippen LogP contribution < -0.4 is 14.8 Å². The quantitative estimate of drug-likeness (QED) is 0.113. The van der Waals surface area contributed by atoms with E-state index in [0.717, 1.165) is 11.8 Å². The topological polar surface area (TPSA) is 126 Å². The number of guanidine groups is 1. The van der Waals surface area contributed by atoms with Gasteiger partial charge in [-0.1, -0.05) is 24.3 Å². The van der Waals surface area contributed by atoms with E-state index < -0.39 is 14.9 Å². The van der Waals surface area contributed by atoms with E-state index in [-0.39, 0.29) is 47.6 Å². The molecular weight excluding hydrogens is 537 g/mol. The molecule has 0 fully saturated rings. The third-order valence-corrected chi connectivity index (χ3v) is 5.51. The second-order valence-corrected chi connectivity index (χ2v) is 7.98. The Morgan fingerprint density at radius 1 is 1.16 bits per heavy atom. The standard InChI is InChI=1S/C19H25N5O5S.HI/c1-20-19(23(2)13-14-29-17-8-4-3-5-9-17)21-11-12-22-30(27,28)18-10-6-7-16(15-18)24(25)26;/h3-10,15,22H,11-14H2,1-2H3,(H,20,21);1H. The summed E-state index contributed by atoms with van der Waals surface area (Å²) in [6, 6.07) is 14.4. The number of nitro benzene ring substituents is 1. The molecule has 0 unspecified atom stereocenters. The van der Waals surface area contributed by atoms with Gasteiger partial charge >= 0.3 is 0 Å². The highest BCUT2D eigenvalue weighted by Gasteiger charge is 2.17. The molecule has 0 atom stereocenters. The number of nitrogens with one attached hydrogen (secondary N) is 2. The number of sulfonamides is 1. The van der Waals surface area contributed by atoms with Crippen molar-refractivity contribution in [3.8, 4) is 5.75 Å². The lowest BCUT2D eigenvalue weighted by molar-refractivity contribution is -0.385. The largest absolute Gasteiger partial charge is 0.492 e. The number of aliphatic imine (C=N–C) groups is 1. The highest BCUT2D eigenvalue weighted by molar-refractivity contribution is 14.0. The van der Waals surface area contributed by atoms with Gasteiger partial charge in [0, 0.05) is 39.3 Å². The summed E-state index contributed by atoms with van der Waals surface area (Å²) >= 11 is 0. The number of likely N-dealkylation sites (N-methyl/N-ethyl adjacent to an activating group) is 1. The van der Waals surface area contributed by atoms with Crippen molar-refractivity contribution in [1.29, 1.82) is 0 Å². The lowest BCUT2D eigenvalue weighted by atomic mass is 10.3. The highest BCUT2D eigenvalue weighted by atomic mass is 127. The minimum Gasteiger partial charge on any atom is -0.492 e. The Morgan fingerprint density at radius 3 is 2.52 bits per heavy atom. The molecule has 0 radical (unpaired) electrons. The van der Waals surface area contributed by atoms with E-state index in [2.05, 4.69) is 15.0 Å². The van der Waals surface area contributed by atoms with Crippen LogP contribution in [0, 0.1) is 10.1 Å². The monoisotopic (exact) mass is 563 g/mol. The predicted molar refractivity (Wildman–Crippen MR) is 130 cm³/mol. The molecule has 10 nitrogen and oxygen atoms in total. The minimum absolute atomic E-state index is 0. The van der Waals surface area contributed by atoms with Gasteiger partial charge in [0.15, 0.2) is 5.96 Å². The van der Waals surface area contributed by atoms with Crippen molar-refractivity contribution in [2.45, 2.75) is 4.90 Å². The molecule has 0 saturated carbocycles. The zero-order valence-corrected chi connectivity index (χ0v) is 20.4. The van der Waals surface area contributed by atoms with E-state index in [9.17, 15) is 18.5 Å². The summed E-state index contributed by atoms with van der Waals surface area (Å²) in [5.74, 6) is 1.37. The van der Waals surface area contributed by atoms with Crippen LogP contribution in [-0.2, 0) is 10.0 Å². The molecule has 2 aromatic carbocycles. The van der Waals surface area contributed by atoms with Gasteiger partial charge in [0.05, 0.1) is 16.4 Å². The average Bonchev–Trinajstić information content (AvgIpc) is 2.74. The van der Waals surface area contributed by atoms with Gasteiger partial charge in [-0.05, 0) is 18.2 Å². The Balaban J connectivity index is 0.00000480. The number of halogens is 1. The van der Waals surface area contributed by atoms with Crippen LogP contribution in [0.2, 0.25) is 0 Å². The first-order valence-electron chi connectivity index (χ1n) is 9.17. The molecule has 0 spiro atoms. The van der Waals surface area contributed by atoms with Crippen molar-refractivity contribution in [3.63, 3.8) is 0 Å². The van der Waals surface area contributed by atoms with Gasteiger partial charge in [-0.25, -0.2) is 13.1 Å². The SMILES string of the molecule is CN=C(NCCNS(=O)(=O)c1cccc([N+](=O)[O-])c1)N(C)CCOc1ccccc1.I. The third-order valence-electron chi connectivity index (χ3n) is 4.05. The minimum atomic E-state index is -3.85. The normalized spacial score (nSPS) is 11.4. The van der Waals surface area contributed by atoms with E-state index in [0.29, 0.717) is 19.1 Å². The van der Waals surface area contributed by atoms with Crippen LogP contribution in [0.25, 0.3) is 0 Å². The Kier molecular flexibility index (Phi) is 11.2. The fraction of sp³-hybridized carbons (Fsp3) is 0.316. The maximum absolute atomic E-state index is 12.3. The molecule has 0 amide bonds. The lowest BCUT2D eigenvalue weighted by Gasteiger charge is -2.22. The molecule has 0 heterocycles. The zero-order valence-electron chi connectivity index (χ0n) is 17.2. The molecule has 0 aromatic heterocycles. The molecule has 2 rings (SSSR count). The van der Waals surface area contributed by atoms with Crippen molar-refractivity contribution in [1.82, 2.24) is 14.9 Å². The lowest BCUT2D eigenvalue weighted by Crippen LogP contribution is -2.43. The van der Waals surface area contributed by atoms with Gasteiger partial charge < -0.3 is 15.0 Å². The Morgan fingerprint density at radius 2 is 1.87 bits per heavy atom. The van der Waals surface area contributed by atoms with Crippen molar-refractivity contribution < 1.29 is 18.1 Å². The molecule has 0 saturated heterocycles. The summed E-state index contributed by atoms with van der Waals surface area (Å²) in [6.45, 7) is 1.40. The number of para-hydroxylation sites is 1. The molecular formula is C19H26IN5O5S. The van der Waals surface area contributed by atoms with Gasteiger partial charge in [0.2, 0.25) is 10.0 Å². The first-order chi connectivity index (χ1) is 14.3. The molecule has 2 aromatic rings. The van der Waals surface area contributed by atoms with Crippen molar-refractivity contribution in [2.24, 2.45) is 4.99 Å². The van der Waals surface area contributed by atoms with Gasteiger partial charge in [-0.3, -0.25) is 15.1 Å². The van der Waals surface area contributed by atoms with Crippen LogP contribution in [-0.4, -0.2) is 64.5 Å². The molecule has 0 aliphatic carbocycles. The number of benzene rings is 2. The van der Waals surface area contributed by atoms with Gasteiger partial charge in [0.25, 0.3) is 5.69 Å². The fourth-order valence-electron chi connectivity index (χ4n) is 2.52. The molecule has 0 bridgehead atoms. The Labute approximate surface area is 198 Å². The average molecular weight is 563 g/mol. The number of nitro groups is 1. The van der Waals surface area contributed by atoms with Crippen LogP contribution in [0.4, 0.5) is 5.69 Å². The zero-order chi connectivity index (χ0) is 22.0. The van der Waals surface area contributed by atoms with Crippen LogP contribution >= 0.6 is 24.0 Å². The van der Waals surface area contributed by atoms with E-state index in [1.807, 2.05) is 42.3 Å². The summed E-state index contributed by atoms with van der Waals surface area (Å²) in [5, 5.41) is 13.9. The Bertz CT molecular complexity index is 973. The van der Waals surface area contributed by atoms with E-state index >= 15 is 0 Å². The van der Waals surface area contributed by atoms with E-state index in [1.165, 1.54) is 18.2 Å². The summed E-state index contributed by atoms with van der Waals surface area (Å²) < 4.78 is 32.7. The smallest absolute Gasteiger partial charge is 0.270 e. The second-order valence-electron chi connectivity index (χ2n) is 6.21. The number of ether oxygens (including phenoxy) is 1. The predicted octanol–water partition coefficient (Wildman–Crippen LogP) is 2.08.